The van der Waals surface area contributed by atoms with Crippen molar-refractivity contribution in [1.29, 1.82) is 0 Å². The summed E-state index contributed by atoms with van der Waals surface area (Å²) < 4.78 is 0. The van der Waals surface area contributed by atoms with Crippen LogP contribution in [0, 0.1) is 11.8 Å². The van der Waals surface area contributed by atoms with Crippen molar-refractivity contribution in [3.63, 3.8) is 0 Å². The molecule has 1 saturated carbocycles. The molecule has 4 nitrogen and oxygen atoms in total. The number of hydrogen-bond donors (Lipinski definition) is 2. The van der Waals surface area contributed by atoms with E-state index >= 15 is 0 Å². The van der Waals surface area contributed by atoms with Crippen LogP contribution in [0.25, 0.3) is 0 Å². The third-order valence-electron chi connectivity index (χ3n) is 5.20. The third kappa shape index (κ3) is 3.39. The lowest BCUT2D eigenvalue weighted by molar-refractivity contribution is -0.115. The lowest BCUT2D eigenvalue weighted by Gasteiger charge is -2.34. The number of carbonyl (C=O) groups excluding carboxylic acids is 2. The fourth-order valence-corrected chi connectivity index (χ4v) is 4.32. The standard InChI is InChI=1S/C18H24N2O2S/c1-10-5-4-6-14(11(10)2)19-18(22)13-7-8-16-15(9-13)20-17(21)12(3)23-16/h7-12,14H,4-6H2,1-3H3,(H,19,22)(H,20,21)/t10-,11-,12-,14+/m0/s1. The smallest absolute Gasteiger partial charge is 0.251 e. The second-order valence-corrected chi connectivity index (χ2v) is 8.19. The van der Waals surface area contributed by atoms with Gasteiger partial charge in [0.1, 0.15) is 0 Å². The monoisotopic (exact) mass is 332 g/mol. The van der Waals surface area contributed by atoms with Crippen molar-refractivity contribution in [1.82, 2.24) is 5.32 Å². The zero-order valence-corrected chi connectivity index (χ0v) is 14.7. The zero-order chi connectivity index (χ0) is 16.6. The van der Waals surface area contributed by atoms with Gasteiger partial charge in [-0.2, -0.15) is 0 Å². The Bertz CT molecular complexity index is 631. The van der Waals surface area contributed by atoms with Gasteiger partial charge in [-0.05, 0) is 43.4 Å². The van der Waals surface area contributed by atoms with Gasteiger partial charge in [0.25, 0.3) is 5.91 Å². The van der Waals surface area contributed by atoms with Gasteiger partial charge in [0.05, 0.1) is 10.9 Å². The summed E-state index contributed by atoms with van der Waals surface area (Å²) in [5, 5.41) is 5.98. The van der Waals surface area contributed by atoms with E-state index in [9.17, 15) is 9.59 Å². The van der Waals surface area contributed by atoms with Crippen molar-refractivity contribution >= 4 is 29.3 Å². The predicted molar refractivity (Wildman–Crippen MR) is 93.8 cm³/mol. The number of carbonyl (C=O) groups is 2. The molecular formula is C18H24N2O2S. The number of rotatable bonds is 2. The lowest BCUT2D eigenvalue weighted by atomic mass is 9.78. The fraction of sp³-hybridized carbons (Fsp3) is 0.556. The summed E-state index contributed by atoms with van der Waals surface area (Å²) in [5.74, 6) is 1.10. The lowest BCUT2D eigenvalue weighted by Crippen LogP contribution is -2.43. The number of hydrogen-bond acceptors (Lipinski definition) is 3. The molecule has 1 aliphatic heterocycles. The maximum absolute atomic E-state index is 12.6. The van der Waals surface area contributed by atoms with Gasteiger partial charge in [-0.1, -0.05) is 26.7 Å². The van der Waals surface area contributed by atoms with Crippen LogP contribution < -0.4 is 10.6 Å². The molecule has 0 saturated heterocycles. The van der Waals surface area contributed by atoms with E-state index in [-0.39, 0.29) is 23.1 Å². The van der Waals surface area contributed by atoms with Gasteiger partial charge in [-0.25, -0.2) is 0 Å². The molecule has 4 atom stereocenters. The molecule has 2 aliphatic rings. The van der Waals surface area contributed by atoms with Gasteiger partial charge in [0, 0.05) is 16.5 Å². The average Bonchev–Trinajstić information content (AvgIpc) is 2.52. The Morgan fingerprint density at radius 1 is 1.26 bits per heavy atom. The first-order valence-corrected chi connectivity index (χ1v) is 9.26. The van der Waals surface area contributed by atoms with E-state index in [4.69, 9.17) is 0 Å². The minimum atomic E-state index is -0.0910. The summed E-state index contributed by atoms with van der Waals surface area (Å²) in [6.07, 6.45) is 3.46. The Morgan fingerprint density at radius 3 is 2.83 bits per heavy atom. The van der Waals surface area contributed by atoms with Crippen molar-refractivity contribution in [2.24, 2.45) is 11.8 Å². The van der Waals surface area contributed by atoms with E-state index in [0.29, 0.717) is 17.4 Å². The molecule has 5 heteroatoms. The quantitative estimate of drug-likeness (QED) is 0.869. The Labute approximate surface area is 141 Å². The predicted octanol–water partition coefficient (Wildman–Crippen LogP) is 3.67. The van der Waals surface area contributed by atoms with Crippen molar-refractivity contribution in [3.8, 4) is 0 Å². The molecule has 2 amide bonds. The van der Waals surface area contributed by atoms with Crippen LogP contribution >= 0.6 is 11.8 Å². The van der Waals surface area contributed by atoms with E-state index in [1.807, 2.05) is 19.1 Å². The summed E-state index contributed by atoms with van der Waals surface area (Å²) in [6.45, 7) is 6.37. The maximum Gasteiger partial charge on any atom is 0.251 e. The molecule has 0 radical (unpaired) electrons. The maximum atomic E-state index is 12.6. The highest BCUT2D eigenvalue weighted by Gasteiger charge is 2.29. The van der Waals surface area contributed by atoms with Crippen molar-refractivity contribution in [2.45, 2.75) is 56.2 Å². The fourth-order valence-electron chi connectivity index (χ4n) is 3.39. The minimum Gasteiger partial charge on any atom is -0.349 e. The first-order chi connectivity index (χ1) is 11.0. The molecule has 0 unspecified atom stereocenters. The van der Waals surface area contributed by atoms with Crippen molar-refractivity contribution < 1.29 is 9.59 Å². The van der Waals surface area contributed by atoms with E-state index in [1.165, 1.54) is 24.6 Å². The summed E-state index contributed by atoms with van der Waals surface area (Å²) in [7, 11) is 0. The summed E-state index contributed by atoms with van der Waals surface area (Å²) in [4.78, 5) is 25.4. The van der Waals surface area contributed by atoms with E-state index < -0.39 is 0 Å². The van der Waals surface area contributed by atoms with Gasteiger partial charge >= 0.3 is 0 Å². The average molecular weight is 332 g/mol. The van der Waals surface area contributed by atoms with Gasteiger partial charge in [0.15, 0.2) is 0 Å². The van der Waals surface area contributed by atoms with E-state index in [2.05, 4.69) is 24.5 Å². The first-order valence-electron chi connectivity index (χ1n) is 8.38. The number of benzene rings is 1. The number of amides is 2. The normalized spacial score (nSPS) is 30.3. The number of anilines is 1. The molecule has 1 heterocycles. The summed E-state index contributed by atoms with van der Waals surface area (Å²) >= 11 is 1.53. The van der Waals surface area contributed by atoms with Crippen LogP contribution in [-0.2, 0) is 4.79 Å². The highest BCUT2D eigenvalue weighted by molar-refractivity contribution is 8.00. The Balaban J connectivity index is 1.73. The molecular weight excluding hydrogens is 308 g/mol. The molecule has 2 N–H and O–H groups in total. The number of nitrogens with one attached hydrogen (secondary N) is 2. The molecule has 0 aromatic heterocycles. The summed E-state index contributed by atoms with van der Waals surface area (Å²) in [5.41, 5.74) is 1.36. The Hall–Kier alpha value is -1.49. The van der Waals surface area contributed by atoms with Crippen molar-refractivity contribution in [2.75, 3.05) is 5.32 Å². The van der Waals surface area contributed by atoms with Crippen LogP contribution in [0.2, 0.25) is 0 Å². The second-order valence-electron chi connectivity index (χ2n) is 6.81. The molecule has 1 aliphatic carbocycles. The SMILES string of the molecule is C[C@H]1[C@@H](C)CCC[C@H]1NC(=O)c1ccc2c(c1)NC(=O)[C@H](C)S2. The Kier molecular flexibility index (Phi) is 4.67. The van der Waals surface area contributed by atoms with Gasteiger partial charge < -0.3 is 10.6 Å². The highest BCUT2D eigenvalue weighted by atomic mass is 32.2. The summed E-state index contributed by atoms with van der Waals surface area (Å²) in [6, 6.07) is 5.81. The molecule has 1 aromatic carbocycles. The molecule has 1 aromatic rings. The molecule has 0 bridgehead atoms. The molecule has 3 rings (SSSR count). The molecule has 124 valence electrons. The largest absolute Gasteiger partial charge is 0.349 e. The molecule has 1 fully saturated rings. The van der Waals surface area contributed by atoms with Crippen LogP contribution in [0.15, 0.2) is 23.1 Å². The van der Waals surface area contributed by atoms with Gasteiger partial charge in [-0.15, -0.1) is 11.8 Å². The van der Waals surface area contributed by atoms with Crippen LogP contribution in [0.3, 0.4) is 0 Å². The van der Waals surface area contributed by atoms with Crippen LogP contribution in [0.4, 0.5) is 5.69 Å². The highest BCUT2D eigenvalue weighted by Crippen LogP contribution is 2.36. The zero-order valence-electron chi connectivity index (χ0n) is 13.9. The van der Waals surface area contributed by atoms with Crippen LogP contribution in [-0.4, -0.2) is 23.1 Å². The molecule has 23 heavy (non-hydrogen) atoms. The first kappa shape index (κ1) is 16.4. The van der Waals surface area contributed by atoms with Crippen LogP contribution in [0.5, 0.6) is 0 Å². The Morgan fingerprint density at radius 2 is 2.04 bits per heavy atom. The second kappa shape index (κ2) is 6.56. The minimum absolute atomic E-state index is 0.00483. The van der Waals surface area contributed by atoms with Crippen LogP contribution in [0.1, 0.15) is 50.4 Å². The van der Waals surface area contributed by atoms with Crippen molar-refractivity contribution in [3.05, 3.63) is 23.8 Å². The number of fused-ring (bicyclic) bond motifs is 1. The third-order valence-corrected chi connectivity index (χ3v) is 6.37. The van der Waals surface area contributed by atoms with Gasteiger partial charge in [-0.3, -0.25) is 9.59 Å². The molecule has 0 spiro atoms. The van der Waals surface area contributed by atoms with E-state index in [1.54, 1.807) is 6.07 Å². The van der Waals surface area contributed by atoms with E-state index in [0.717, 1.165) is 17.0 Å². The number of thioether (sulfide) groups is 1. The van der Waals surface area contributed by atoms with Gasteiger partial charge in [0.2, 0.25) is 5.91 Å². The topological polar surface area (TPSA) is 58.2 Å².